The highest BCUT2D eigenvalue weighted by Crippen LogP contribution is 2.40. The number of thioether (sulfide) groups is 1. The summed E-state index contributed by atoms with van der Waals surface area (Å²) in [7, 11) is 1.54. The van der Waals surface area contributed by atoms with E-state index in [2.05, 4.69) is 24.3 Å². The van der Waals surface area contributed by atoms with Crippen molar-refractivity contribution in [3.8, 4) is 11.5 Å². The predicted octanol–water partition coefficient (Wildman–Crippen LogP) is 8.47. The first-order valence-corrected chi connectivity index (χ1v) is 13.9. The van der Waals surface area contributed by atoms with Gasteiger partial charge < -0.3 is 9.47 Å². The third-order valence-electron chi connectivity index (χ3n) is 6.83. The zero-order valence-corrected chi connectivity index (χ0v) is 23.2. The van der Waals surface area contributed by atoms with Gasteiger partial charge in [-0.1, -0.05) is 90.5 Å². The smallest absolute Gasteiger partial charge is 0.293 e. The van der Waals surface area contributed by atoms with E-state index in [1.54, 1.807) is 18.2 Å². The molecule has 1 heterocycles. The van der Waals surface area contributed by atoms with Gasteiger partial charge in [-0.25, -0.2) is 0 Å². The van der Waals surface area contributed by atoms with E-state index in [9.17, 15) is 9.59 Å². The normalized spacial score (nSPS) is 14.4. The van der Waals surface area contributed by atoms with E-state index in [1.165, 1.54) is 12.0 Å². The van der Waals surface area contributed by atoms with Gasteiger partial charge in [0.2, 0.25) is 0 Å². The molecule has 198 valence electrons. The number of amides is 2. The van der Waals surface area contributed by atoms with Crippen molar-refractivity contribution in [1.29, 1.82) is 0 Å². The average Bonchev–Trinajstić information content (AvgIpc) is 3.23. The first-order valence-electron chi connectivity index (χ1n) is 12.7. The summed E-state index contributed by atoms with van der Waals surface area (Å²) in [6, 6.07) is 31.6. The lowest BCUT2D eigenvalue weighted by Crippen LogP contribution is -2.27. The fourth-order valence-electron chi connectivity index (χ4n) is 4.84. The lowest BCUT2D eigenvalue weighted by Gasteiger charge is -2.15. The molecular formula is C33H24ClNO4S. The lowest BCUT2D eigenvalue weighted by atomic mass is 10.0. The average molecular weight is 566 g/mol. The Morgan fingerprint density at radius 3 is 2.42 bits per heavy atom. The van der Waals surface area contributed by atoms with Gasteiger partial charge in [0, 0.05) is 0 Å². The molecule has 0 saturated carbocycles. The molecule has 1 saturated heterocycles. The fraction of sp³-hybridized carbons (Fsp3) is 0.0909. The second kappa shape index (κ2) is 11.1. The van der Waals surface area contributed by atoms with Crippen LogP contribution in [-0.4, -0.2) is 23.2 Å². The van der Waals surface area contributed by atoms with Crippen molar-refractivity contribution in [2.75, 3.05) is 7.11 Å². The van der Waals surface area contributed by atoms with Crippen LogP contribution < -0.4 is 9.47 Å². The lowest BCUT2D eigenvalue weighted by molar-refractivity contribution is -0.123. The number of carbonyl (C=O) groups is 2. The highest BCUT2D eigenvalue weighted by Gasteiger charge is 2.35. The molecule has 5 aromatic rings. The number of fused-ring (bicyclic) bond motifs is 2. The molecule has 5 nitrogen and oxygen atoms in total. The van der Waals surface area contributed by atoms with Gasteiger partial charge in [0.05, 0.1) is 23.6 Å². The number of halogens is 1. The van der Waals surface area contributed by atoms with Crippen LogP contribution in [0.15, 0.2) is 102 Å². The van der Waals surface area contributed by atoms with E-state index in [0.29, 0.717) is 33.6 Å². The standard InChI is InChI=1S/C33H24ClNO4S/c1-38-29-17-22(16-28(34)31(29)39-20-21-13-14-23-7-2-3-9-25(23)15-21)18-30-32(36)35(33(37)40-30)19-26-11-6-10-24-8-4-5-12-27(24)26/h2-18H,19-20H2,1H3/b30-18+. The molecule has 40 heavy (non-hydrogen) atoms. The summed E-state index contributed by atoms with van der Waals surface area (Å²) in [5.74, 6) is 0.516. The van der Waals surface area contributed by atoms with Gasteiger partial charge in [-0.15, -0.1) is 0 Å². The Balaban J connectivity index is 1.21. The van der Waals surface area contributed by atoms with Crippen molar-refractivity contribution in [2.24, 2.45) is 0 Å². The molecule has 0 N–H and O–H groups in total. The minimum absolute atomic E-state index is 0.203. The van der Waals surface area contributed by atoms with E-state index < -0.39 is 0 Å². The molecule has 0 atom stereocenters. The van der Waals surface area contributed by atoms with Gasteiger partial charge in [0.1, 0.15) is 6.61 Å². The second-order valence-electron chi connectivity index (χ2n) is 9.41. The van der Waals surface area contributed by atoms with Crippen molar-refractivity contribution >= 4 is 62.1 Å². The zero-order chi connectivity index (χ0) is 27.6. The van der Waals surface area contributed by atoms with Crippen LogP contribution in [0.5, 0.6) is 11.5 Å². The SMILES string of the molecule is COc1cc(/C=C2/SC(=O)N(Cc3cccc4ccccc34)C2=O)cc(Cl)c1OCc1ccc2ccccc2c1. The number of nitrogens with zero attached hydrogens (tertiary/aromatic N) is 1. The molecule has 6 rings (SSSR count). The van der Waals surface area contributed by atoms with E-state index in [-0.39, 0.29) is 17.7 Å². The predicted molar refractivity (Wildman–Crippen MR) is 162 cm³/mol. The summed E-state index contributed by atoms with van der Waals surface area (Å²) >= 11 is 7.53. The molecule has 5 aromatic carbocycles. The van der Waals surface area contributed by atoms with Crippen LogP contribution in [0.4, 0.5) is 4.79 Å². The van der Waals surface area contributed by atoms with Crippen LogP contribution >= 0.6 is 23.4 Å². The number of hydrogen-bond donors (Lipinski definition) is 0. The molecule has 0 radical (unpaired) electrons. The molecule has 0 aromatic heterocycles. The largest absolute Gasteiger partial charge is 0.493 e. The maximum absolute atomic E-state index is 13.2. The molecule has 0 unspecified atom stereocenters. The number of imide groups is 1. The first-order chi connectivity index (χ1) is 19.5. The number of ether oxygens (including phenoxy) is 2. The summed E-state index contributed by atoms with van der Waals surface area (Å²) in [5, 5.41) is 4.41. The van der Waals surface area contributed by atoms with E-state index in [4.69, 9.17) is 21.1 Å². The summed E-state index contributed by atoms with van der Waals surface area (Å²) in [4.78, 5) is 27.7. The van der Waals surface area contributed by atoms with Crippen LogP contribution in [0.3, 0.4) is 0 Å². The van der Waals surface area contributed by atoms with Gasteiger partial charge in [-0.3, -0.25) is 14.5 Å². The molecule has 1 fully saturated rings. The fourth-order valence-corrected chi connectivity index (χ4v) is 5.95. The quantitative estimate of drug-likeness (QED) is 0.185. The zero-order valence-electron chi connectivity index (χ0n) is 21.6. The first kappa shape index (κ1) is 26.0. The Bertz CT molecular complexity index is 1810. The van der Waals surface area contributed by atoms with Crippen LogP contribution in [0, 0.1) is 0 Å². The monoisotopic (exact) mass is 565 g/mol. The summed E-state index contributed by atoms with van der Waals surface area (Å²) < 4.78 is 11.6. The number of rotatable bonds is 7. The minimum atomic E-state index is -0.338. The number of benzene rings is 5. The summed E-state index contributed by atoms with van der Waals surface area (Å²) in [6.07, 6.45) is 1.66. The molecular weight excluding hydrogens is 542 g/mol. The van der Waals surface area contributed by atoms with Crippen LogP contribution in [0.25, 0.3) is 27.6 Å². The van der Waals surface area contributed by atoms with E-state index >= 15 is 0 Å². The van der Waals surface area contributed by atoms with Gasteiger partial charge in [-0.05, 0) is 74.3 Å². The van der Waals surface area contributed by atoms with Crippen molar-refractivity contribution in [1.82, 2.24) is 4.90 Å². The van der Waals surface area contributed by atoms with Gasteiger partial charge in [-0.2, -0.15) is 0 Å². The Morgan fingerprint density at radius 2 is 1.60 bits per heavy atom. The maximum atomic E-state index is 13.2. The minimum Gasteiger partial charge on any atom is -0.493 e. The van der Waals surface area contributed by atoms with Gasteiger partial charge in [0.25, 0.3) is 11.1 Å². The Morgan fingerprint density at radius 1 is 0.850 bits per heavy atom. The molecule has 7 heteroatoms. The van der Waals surface area contributed by atoms with Crippen molar-refractivity contribution in [3.05, 3.63) is 124 Å². The Hall–Kier alpha value is -4.26. The molecule has 0 spiro atoms. The van der Waals surface area contributed by atoms with Crippen molar-refractivity contribution in [3.63, 3.8) is 0 Å². The Kier molecular flexibility index (Phi) is 7.20. The third-order valence-corrected chi connectivity index (χ3v) is 8.02. The summed E-state index contributed by atoms with van der Waals surface area (Å²) in [5.41, 5.74) is 2.55. The van der Waals surface area contributed by atoms with E-state index in [0.717, 1.165) is 44.4 Å². The number of methoxy groups -OCH3 is 1. The van der Waals surface area contributed by atoms with Gasteiger partial charge >= 0.3 is 0 Å². The van der Waals surface area contributed by atoms with E-state index in [1.807, 2.05) is 60.7 Å². The molecule has 0 bridgehead atoms. The highest BCUT2D eigenvalue weighted by atomic mass is 35.5. The Labute approximate surface area is 241 Å². The highest BCUT2D eigenvalue weighted by molar-refractivity contribution is 8.18. The molecule has 1 aliphatic rings. The van der Waals surface area contributed by atoms with Crippen molar-refractivity contribution < 1.29 is 19.1 Å². The van der Waals surface area contributed by atoms with Gasteiger partial charge in [0.15, 0.2) is 11.5 Å². The molecule has 2 amide bonds. The van der Waals surface area contributed by atoms with Crippen LogP contribution in [0.1, 0.15) is 16.7 Å². The molecule has 1 aliphatic heterocycles. The van der Waals surface area contributed by atoms with Crippen molar-refractivity contribution in [2.45, 2.75) is 13.2 Å². The topological polar surface area (TPSA) is 55.8 Å². The van der Waals surface area contributed by atoms with Crippen LogP contribution in [-0.2, 0) is 17.9 Å². The second-order valence-corrected chi connectivity index (χ2v) is 10.8. The maximum Gasteiger partial charge on any atom is 0.293 e. The molecule has 0 aliphatic carbocycles. The van der Waals surface area contributed by atoms with Crippen LogP contribution in [0.2, 0.25) is 5.02 Å². The third kappa shape index (κ3) is 5.16. The number of hydrogen-bond acceptors (Lipinski definition) is 5. The summed E-state index contributed by atoms with van der Waals surface area (Å²) in [6.45, 7) is 0.516. The number of carbonyl (C=O) groups excluding carboxylic acids is 2.